The van der Waals surface area contributed by atoms with Crippen molar-refractivity contribution in [1.29, 1.82) is 5.26 Å². The summed E-state index contributed by atoms with van der Waals surface area (Å²) in [5, 5.41) is 12.4. The smallest absolute Gasteiger partial charge is 0.134 e. The maximum Gasteiger partial charge on any atom is 0.134 e. The zero-order valence-corrected chi connectivity index (χ0v) is 10.6. The van der Waals surface area contributed by atoms with Crippen LogP contribution in [-0.4, -0.2) is 4.98 Å². The minimum atomic E-state index is 0.294. The van der Waals surface area contributed by atoms with Crippen LogP contribution in [0.25, 0.3) is 0 Å². The van der Waals surface area contributed by atoms with Crippen LogP contribution < -0.4 is 11.1 Å². The largest absolute Gasteiger partial charge is 0.399 e. The van der Waals surface area contributed by atoms with Gasteiger partial charge in [0.1, 0.15) is 11.0 Å². The molecule has 1 aromatic heterocycles. The van der Waals surface area contributed by atoms with Crippen LogP contribution >= 0.6 is 23.2 Å². The molecule has 0 radical (unpaired) electrons. The van der Waals surface area contributed by atoms with Gasteiger partial charge in [-0.25, -0.2) is 4.98 Å². The molecule has 0 unspecified atom stereocenters. The van der Waals surface area contributed by atoms with E-state index in [2.05, 4.69) is 10.3 Å². The predicted molar refractivity (Wildman–Crippen MR) is 73.1 cm³/mol. The highest BCUT2D eigenvalue weighted by Gasteiger charge is 2.04. The number of aromatic nitrogens is 1. The number of halogens is 2. The summed E-state index contributed by atoms with van der Waals surface area (Å²) in [6, 6.07) is 10.1. The standard InChI is InChI=1S/C12H8Cl2N4/c13-9-3-7(6-15)1-2-10(9)17-12-5-8(16)4-11(14)18-12/h1-5H,(H3,16,17,18). The molecule has 0 spiro atoms. The Kier molecular flexibility index (Phi) is 3.56. The van der Waals surface area contributed by atoms with Gasteiger partial charge in [0.2, 0.25) is 0 Å². The number of rotatable bonds is 2. The molecule has 0 aliphatic heterocycles. The topological polar surface area (TPSA) is 74.7 Å². The van der Waals surface area contributed by atoms with E-state index in [1.165, 1.54) is 0 Å². The zero-order valence-electron chi connectivity index (χ0n) is 9.11. The van der Waals surface area contributed by atoms with Gasteiger partial charge < -0.3 is 11.1 Å². The summed E-state index contributed by atoms with van der Waals surface area (Å²) >= 11 is 11.8. The van der Waals surface area contributed by atoms with E-state index in [-0.39, 0.29) is 0 Å². The molecule has 0 fully saturated rings. The Balaban J connectivity index is 2.31. The Morgan fingerprint density at radius 1 is 1.22 bits per heavy atom. The summed E-state index contributed by atoms with van der Waals surface area (Å²) in [7, 11) is 0. The summed E-state index contributed by atoms with van der Waals surface area (Å²) in [6.07, 6.45) is 0. The van der Waals surface area contributed by atoms with Gasteiger partial charge in [0.15, 0.2) is 0 Å². The molecule has 18 heavy (non-hydrogen) atoms. The highest BCUT2D eigenvalue weighted by Crippen LogP contribution is 2.27. The van der Waals surface area contributed by atoms with Crippen molar-refractivity contribution in [3.05, 3.63) is 46.1 Å². The monoisotopic (exact) mass is 278 g/mol. The Labute approximate surface area is 114 Å². The van der Waals surface area contributed by atoms with E-state index in [1.807, 2.05) is 6.07 Å². The molecular weight excluding hydrogens is 271 g/mol. The molecular formula is C12H8Cl2N4. The number of nitrogens with two attached hydrogens (primary N) is 1. The normalized spacial score (nSPS) is 9.83. The fourth-order valence-corrected chi connectivity index (χ4v) is 1.85. The summed E-state index contributed by atoms with van der Waals surface area (Å²) in [4.78, 5) is 4.06. The summed E-state index contributed by atoms with van der Waals surface area (Å²) in [5.74, 6) is 0.492. The minimum Gasteiger partial charge on any atom is -0.399 e. The number of nitrogens with one attached hydrogen (secondary N) is 1. The van der Waals surface area contributed by atoms with Gasteiger partial charge in [-0.2, -0.15) is 5.26 Å². The zero-order chi connectivity index (χ0) is 13.1. The molecule has 0 aliphatic rings. The van der Waals surface area contributed by atoms with Crippen molar-refractivity contribution in [2.45, 2.75) is 0 Å². The summed E-state index contributed by atoms with van der Waals surface area (Å²) in [6.45, 7) is 0. The van der Waals surface area contributed by atoms with Gasteiger partial charge in [-0.3, -0.25) is 0 Å². The van der Waals surface area contributed by atoms with E-state index < -0.39 is 0 Å². The Hall–Kier alpha value is -1.96. The Morgan fingerprint density at radius 2 is 2.00 bits per heavy atom. The number of benzene rings is 1. The van der Waals surface area contributed by atoms with Gasteiger partial charge in [-0.1, -0.05) is 23.2 Å². The molecule has 0 amide bonds. The molecule has 3 N–H and O–H groups in total. The molecule has 0 atom stereocenters. The number of nitriles is 1. The second-order valence-corrected chi connectivity index (χ2v) is 4.33. The minimum absolute atomic E-state index is 0.294. The van der Waals surface area contributed by atoms with Gasteiger partial charge >= 0.3 is 0 Å². The maximum absolute atomic E-state index is 8.74. The molecule has 0 bridgehead atoms. The van der Waals surface area contributed by atoms with Crippen LogP contribution in [0.15, 0.2) is 30.3 Å². The maximum atomic E-state index is 8.74. The second-order valence-electron chi connectivity index (χ2n) is 3.54. The number of hydrogen-bond donors (Lipinski definition) is 2. The van der Waals surface area contributed by atoms with E-state index in [4.69, 9.17) is 34.2 Å². The lowest BCUT2D eigenvalue weighted by Gasteiger charge is -2.08. The van der Waals surface area contributed by atoms with Gasteiger partial charge in [0.05, 0.1) is 22.3 Å². The van der Waals surface area contributed by atoms with Crippen molar-refractivity contribution in [3.63, 3.8) is 0 Å². The fraction of sp³-hybridized carbons (Fsp3) is 0. The van der Waals surface area contributed by atoms with Crippen molar-refractivity contribution in [2.24, 2.45) is 0 Å². The number of anilines is 3. The Morgan fingerprint density at radius 3 is 2.61 bits per heavy atom. The quantitative estimate of drug-likeness (QED) is 0.824. The van der Waals surface area contributed by atoms with Crippen molar-refractivity contribution in [3.8, 4) is 6.07 Å². The molecule has 1 heterocycles. The van der Waals surface area contributed by atoms with Crippen molar-refractivity contribution >= 4 is 40.4 Å². The number of pyridine rings is 1. The third kappa shape index (κ3) is 2.83. The van der Waals surface area contributed by atoms with Gasteiger partial charge in [0, 0.05) is 11.8 Å². The van der Waals surface area contributed by atoms with Crippen LogP contribution in [-0.2, 0) is 0 Å². The molecule has 0 aliphatic carbocycles. The highest BCUT2D eigenvalue weighted by molar-refractivity contribution is 6.33. The first-order valence-corrected chi connectivity index (χ1v) is 5.74. The SMILES string of the molecule is N#Cc1ccc(Nc2cc(N)cc(Cl)n2)c(Cl)c1. The van der Waals surface area contributed by atoms with Crippen LogP contribution in [0.4, 0.5) is 17.2 Å². The average Bonchev–Trinajstić information content (AvgIpc) is 2.30. The fourth-order valence-electron chi connectivity index (χ4n) is 1.40. The molecule has 4 nitrogen and oxygen atoms in total. The van der Waals surface area contributed by atoms with Gasteiger partial charge in [-0.15, -0.1) is 0 Å². The van der Waals surface area contributed by atoms with Crippen LogP contribution in [0.5, 0.6) is 0 Å². The van der Waals surface area contributed by atoms with Crippen LogP contribution in [0.3, 0.4) is 0 Å². The third-order valence-corrected chi connectivity index (χ3v) is 2.68. The average molecular weight is 279 g/mol. The second kappa shape index (κ2) is 5.13. The van der Waals surface area contributed by atoms with Crippen LogP contribution in [0.1, 0.15) is 5.56 Å². The lowest BCUT2D eigenvalue weighted by Crippen LogP contribution is -1.97. The molecule has 1 aromatic carbocycles. The first kappa shape index (κ1) is 12.5. The van der Waals surface area contributed by atoms with Crippen molar-refractivity contribution in [2.75, 3.05) is 11.1 Å². The first-order valence-electron chi connectivity index (χ1n) is 4.98. The predicted octanol–water partition coefficient (Wildman–Crippen LogP) is 3.59. The van der Waals surface area contributed by atoms with E-state index in [0.717, 1.165) is 0 Å². The van der Waals surface area contributed by atoms with Crippen LogP contribution in [0.2, 0.25) is 10.2 Å². The van der Waals surface area contributed by atoms with E-state index in [1.54, 1.807) is 30.3 Å². The van der Waals surface area contributed by atoms with E-state index in [0.29, 0.717) is 32.9 Å². The van der Waals surface area contributed by atoms with E-state index >= 15 is 0 Å². The lowest BCUT2D eigenvalue weighted by molar-refractivity contribution is 1.31. The Bertz CT molecular complexity index is 614. The summed E-state index contributed by atoms with van der Waals surface area (Å²) < 4.78 is 0. The van der Waals surface area contributed by atoms with Gasteiger partial charge in [0.25, 0.3) is 0 Å². The number of nitrogens with zero attached hydrogens (tertiary/aromatic N) is 2. The molecule has 2 aromatic rings. The number of hydrogen-bond acceptors (Lipinski definition) is 4. The molecule has 0 saturated heterocycles. The van der Waals surface area contributed by atoms with Gasteiger partial charge in [-0.05, 0) is 24.3 Å². The van der Waals surface area contributed by atoms with Crippen LogP contribution in [0, 0.1) is 11.3 Å². The first-order chi connectivity index (χ1) is 8.58. The lowest BCUT2D eigenvalue weighted by atomic mass is 10.2. The molecule has 90 valence electrons. The summed E-state index contributed by atoms with van der Waals surface area (Å²) in [5.41, 5.74) is 7.28. The molecule has 2 rings (SSSR count). The highest BCUT2D eigenvalue weighted by atomic mass is 35.5. The third-order valence-electron chi connectivity index (χ3n) is 2.18. The molecule has 6 heteroatoms. The molecule has 0 saturated carbocycles. The van der Waals surface area contributed by atoms with Crippen molar-refractivity contribution in [1.82, 2.24) is 4.98 Å². The van der Waals surface area contributed by atoms with E-state index in [9.17, 15) is 0 Å². The number of nitrogen functional groups attached to an aromatic ring is 1. The van der Waals surface area contributed by atoms with Crippen molar-refractivity contribution < 1.29 is 0 Å².